The van der Waals surface area contributed by atoms with Crippen LogP contribution in [0, 0.1) is 0 Å². The summed E-state index contributed by atoms with van der Waals surface area (Å²) in [6.45, 7) is 9.02. The quantitative estimate of drug-likeness (QED) is 0.345. The fraction of sp³-hybridized carbons (Fsp3) is 0.889. The van der Waals surface area contributed by atoms with Crippen molar-refractivity contribution in [3.05, 3.63) is 5.53 Å². The SMILES string of the molecule is C=[N+]=[N-].CCC(C)S(=O)(=O)O.CCC(C)S(=O)(=O)O. The summed E-state index contributed by atoms with van der Waals surface area (Å²) in [5.41, 5.74) is 7.08. The van der Waals surface area contributed by atoms with Crippen LogP contribution < -0.4 is 0 Å². The molecule has 0 aliphatic rings. The maximum atomic E-state index is 10.1. The molecule has 0 saturated heterocycles. The highest BCUT2D eigenvalue weighted by Crippen LogP contribution is 2.00. The molecule has 0 aromatic heterocycles. The van der Waals surface area contributed by atoms with Crippen LogP contribution in [-0.4, -0.2) is 47.9 Å². The van der Waals surface area contributed by atoms with E-state index in [4.69, 9.17) is 14.6 Å². The molecule has 0 aliphatic heterocycles. The summed E-state index contributed by atoms with van der Waals surface area (Å²) < 4.78 is 57.0. The van der Waals surface area contributed by atoms with E-state index < -0.39 is 30.7 Å². The first-order chi connectivity index (χ1) is 8.38. The Balaban J connectivity index is -0.000000224. The van der Waals surface area contributed by atoms with Crippen molar-refractivity contribution in [2.45, 2.75) is 51.0 Å². The maximum Gasteiger partial charge on any atom is 0.267 e. The molecule has 2 atom stereocenters. The first kappa shape index (κ1) is 23.3. The van der Waals surface area contributed by atoms with Crippen LogP contribution in [0.4, 0.5) is 0 Å². The topological polar surface area (TPSA) is 145 Å². The molecular weight excluding hydrogens is 296 g/mol. The average molecular weight is 318 g/mol. The van der Waals surface area contributed by atoms with Gasteiger partial charge in [0.1, 0.15) is 0 Å². The summed E-state index contributed by atoms with van der Waals surface area (Å²) in [4.78, 5) is 2.25. The monoisotopic (exact) mass is 318 g/mol. The van der Waals surface area contributed by atoms with Crippen molar-refractivity contribution in [2.75, 3.05) is 0 Å². The third-order valence-electron chi connectivity index (χ3n) is 2.17. The fourth-order valence-corrected chi connectivity index (χ4v) is 1.26. The molecule has 0 aromatic carbocycles. The molecule has 0 rings (SSSR count). The van der Waals surface area contributed by atoms with Crippen LogP contribution in [-0.2, 0) is 20.2 Å². The average Bonchev–Trinajstić information content (AvgIpc) is 2.26. The van der Waals surface area contributed by atoms with Crippen molar-refractivity contribution in [3.63, 3.8) is 0 Å². The standard InChI is InChI=1S/2C4H10O3S.CH2N2/c2*1-3-4(2)8(5,6)7;1-3-2/h2*4H,3H2,1-2H3,(H,5,6,7);1H2. The molecule has 0 amide bonds. The van der Waals surface area contributed by atoms with E-state index in [2.05, 4.69) is 11.5 Å². The Labute approximate surface area is 115 Å². The van der Waals surface area contributed by atoms with Gasteiger partial charge >= 0.3 is 0 Å². The third kappa shape index (κ3) is 17.2. The van der Waals surface area contributed by atoms with Crippen LogP contribution in [0.2, 0.25) is 0 Å². The first-order valence-electron chi connectivity index (χ1n) is 5.40. The van der Waals surface area contributed by atoms with Crippen molar-refractivity contribution in [1.82, 2.24) is 0 Å². The molecule has 0 aromatic rings. The predicted molar refractivity (Wildman–Crippen MR) is 73.3 cm³/mol. The number of rotatable bonds is 4. The van der Waals surface area contributed by atoms with Gasteiger partial charge in [0.15, 0.2) is 0 Å². The van der Waals surface area contributed by atoms with Crippen LogP contribution in [0.25, 0.3) is 5.53 Å². The van der Waals surface area contributed by atoms with Gasteiger partial charge in [0.25, 0.3) is 20.2 Å². The fourth-order valence-electron chi connectivity index (χ4n) is 0.421. The highest BCUT2D eigenvalue weighted by Gasteiger charge is 2.13. The van der Waals surface area contributed by atoms with Gasteiger partial charge in [0.2, 0.25) is 6.72 Å². The summed E-state index contributed by atoms with van der Waals surface area (Å²) in [7, 11) is -7.51. The van der Waals surface area contributed by atoms with Gasteiger partial charge < -0.3 is 5.53 Å². The zero-order chi connectivity index (χ0) is 16.3. The third-order valence-corrected chi connectivity index (χ3v) is 4.87. The lowest BCUT2D eigenvalue weighted by molar-refractivity contribution is 0.0110. The Kier molecular flexibility index (Phi) is 13.6. The van der Waals surface area contributed by atoms with E-state index in [1.807, 2.05) is 0 Å². The minimum Gasteiger partial charge on any atom is -0.362 e. The van der Waals surface area contributed by atoms with Crippen molar-refractivity contribution in [2.24, 2.45) is 0 Å². The van der Waals surface area contributed by atoms with E-state index in [9.17, 15) is 16.8 Å². The molecule has 0 radical (unpaired) electrons. The Hall–Kier alpha value is -0.800. The second kappa shape index (κ2) is 11.1. The van der Waals surface area contributed by atoms with Crippen LogP contribution in [0.15, 0.2) is 0 Å². The largest absolute Gasteiger partial charge is 0.362 e. The second-order valence-electron chi connectivity index (χ2n) is 3.61. The van der Waals surface area contributed by atoms with Gasteiger partial charge in [0, 0.05) is 0 Å². The Morgan fingerprint density at radius 2 is 1.16 bits per heavy atom. The molecule has 116 valence electrons. The van der Waals surface area contributed by atoms with Crippen molar-refractivity contribution >= 4 is 27.0 Å². The van der Waals surface area contributed by atoms with Crippen molar-refractivity contribution in [3.8, 4) is 0 Å². The van der Waals surface area contributed by atoms with Gasteiger partial charge in [-0.3, -0.25) is 9.11 Å². The van der Waals surface area contributed by atoms with Gasteiger partial charge in [-0.2, -0.15) is 21.6 Å². The van der Waals surface area contributed by atoms with Crippen LogP contribution >= 0.6 is 0 Å². The lowest BCUT2D eigenvalue weighted by Crippen LogP contribution is -2.14. The molecule has 0 spiro atoms. The summed E-state index contributed by atoms with van der Waals surface area (Å²) >= 11 is 0. The summed E-state index contributed by atoms with van der Waals surface area (Å²) in [5, 5.41) is -1.25. The van der Waals surface area contributed by atoms with E-state index in [1.165, 1.54) is 13.8 Å². The molecule has 0 fully saturated rings. The highest BCUT2D eigenvalue weighted by molar-refractivity contribution is 7.86. The van der Waals surface area contributed by atoms with Crippen LogP contribution in [0.3, 0.4) is 0 Å². The highest BCUT2D eigenvalue weighted by atomic mass is 32.2. The summed E-state index contributed by atoms with van der Waals surface area (Å²) in [6.07, 6.45) is 0.914. The molecular formula is C9H22N2O6S2. The van der Waals surface area contributed by atoms with Crippen molar-refractivity contribution in [1.29, 1.82) is 0 Å². The van der Waals surface area contributed by atoms with Gasteiger partial charge in [-0.1, -0.05) is 13.8 Å². The molecule has 2 N–H and O–H groups in total. The number of hydrogen-bond donors (Lipinski definition) is 2. The molecule has 0 aliphatic carbocycles. The van der Waals surface area contributed by atoms with E-state index in [-0.39, 0.29) is 0 Å². The second-order valence-corrected chi connectivity index (χ2v) is 7.28. The van der Waals surface area contributed by atoms with E-state index >= 15 is 0 Å². The molecule has 2 unspecified atom stereocenters. The summed E-state index contributed by atoms with van der Waals surface area (Å²) in [5.74, 6) is 0. The molecule has 0 saturated carbocycles. The van der Waals surface area contributed by atoms with Crippen molar-refractivity contribution < 1.29 is 30.7 Å². The maximum absolute atomic E-state index is 10.1. The van der Waals surface area contributed by atoms with Crippen LogP contribution in [0.1, 0.15) is 40.5 Å². The van der Waals surface area contributed by atoms with Crippen LogP contribution in [0.5, 0.6) is 0 Å². The molecule has 0 heterocycles. The smallest absolute Gasteiger partial charge is 0.267 e. The molecule has 19 heavy (non-hydrogen) atoms. The lowest BCUT2D eigenvalue weighted by atomic mass is 10.4. The van der Waals surface area contributed by atoms with Gasteiger partial charge in [-0.05, 0) is 26.7 Å². The Morgan fingerprint density at radius 3 is 1.16 bits per heavy atom. The van der Waals surface area contributed by atoms with Gasteiger partial charge in [-0.15, -0.1) is 0 Å². The van der Waals surface area contributed by atoms with Gasteiger partial charge in [-0.25, -0.2) is 0 Å². The minimum atomic E-state index is -3.75. The zero-order valence-corrected chi connectivity index (χ0v) is 13.1. The zero-order valence-electron chi connectivity index (χ0n) is 11.5. The van der Waals surface area contributed by atoms with Gasteiger partial charge in [0.05, 0.1) is 10.5 Å². The first-order valence-corrected chi connectivity index (χ1v) is 8.41. The molecule has 10 heteroatoms. The predicted octanol–water partition coefficient (Wildman–Crippen LogP) is 1.26. The minimum absolute atomic E-state index is 0.457. The number of hydrogen-bond acceptors (Lipinski definition) is 4. The van der Waals surface area contributed by atoms with E-state index in [0.717, 1.165) is 0 Å². The number of nitrogens with zero attached hydrogens (tertiary/aromatic N) is 2. The summed E-state index contributed by atoms with van der Waals surface area (Å²) in [6, 6.07) is 0. The molecule has 0 bridgehead atoms. The Bertz CT molecular complexity index is 413. The normalized spacial score (nSPS) is 13.8. The van der Waals surface area contributed by atoms with E-state index in [1.54, 1.807) is 13.8 Å². The Morgan fingerprint density at radius 1 is 1.00 bits per heavy atom. The van der Waals surface area contributed by atoms with E-state index in [0.29, 0.717) is 12.8 Å². The molecule has 8 nitrogen and oxygen atoms in total. The lowest BCUT2D eigenvalue weighted by Gasteiger charge is -2.00.